The SMILES string of the molecule is O=C(O)CN(CC1CC1)C1CC(NC(=O)c2c(Cl)cccc2Cl)C1. The first kappa shape index (κ1) is 17.5. The van der Waals surface area contributed by atoms with Crippen LogP contribution in [0.15, 0.2) is 18.2 Å². The molecule has 1 amide bonds. The number of carboxylic acids is 1. The van der Waals surface area contributed by atoms with Crippen LogP contribution >= 0.6 is 23.2 Å². The highest BCUT2D eigenvalue weighted by Gasteiger charge is 2.38. The van der Waals surface area contributed by atoms with Gasteiger partial charge in [-0.2, -0.15) is 0 Å². The highest BCUT2D eigenvalue weighted by atomic mass is 35.5. The second-order valence-corrected chi connectivity index (χ2v) is 7.47. The van der Waals surface area contributed by atoms with Gasteiger partial charge in [0.1, 0.15) is 0 Å². The van der Waals surface area contributed by atoms with Crippen LogP contribution in [0.5, 0.6) is 0 Å². The molecule has 2 aliphatic rings. The van der Waals surface area contributed by atoms with E-state index < -0.39 is 5.97 Å². The zero-order chi connectivity index (χ0) is 17.3. The average Bonchev–Trinajstić information content (AvgIpc) is 3.25. The van der Waals surface area contributed by atoms with Gasteiger partial charge in [-0.1, -0.05) is 29.3 Å². The molecule has 3 rings (SSSR count). The molecule has 7 heteroatoms. The van der Waals surface area contributed by atoms with Gasteiger partial charge < -0.3 is 10.4 Å². The lowest BCUT2D eigenvalue weighted by Crippen LogP contribution is -2.55. The number of carbonyl (C=O) groups is 2. The summed E-state index contributed by atoms with van der Waals surface area (Å²) in [6.45, 7) is 0.909. The molecule has 5 nitrogen and oxygen atoms in total. The quantitative estimate of drug-likeness (QED) is 0.773. The number of nitrogens with zero attached hydrogens (tertiary/aromatic N) is 1. The molecule has 1 aromatic carbocycles. The van der Waals surface area contributed by atoms with Crippen LogP contribution in [0.1, 0.15) is 36.0 Å². The lowest BCUT2D eigenvalue weighted by atomic mass is 9.85. The number of carbonyl (C=O) groups excluding carboxylic acids is 1. The summed E-state index contributed by atoms with van der Waals surface area (Å²) in [6, 6.07) is 5.22. The van der Waals surface area contributed by atoms with Gasteiger partial charge in [0, 0.05) is 18.6 Å². The van der Waals surface area contributed by atoms with Gasteiger partial charge in [0.25, 0.3) is 5.91 Å². The topological polar surface area (TPSA) is 69.6 Å². The van der Waals surface area contributed by atoms with Gasteiger partial charge in [0.05, 0.1) is 22.2 Å². The van der Waals surface area contributed by atoms with Crippen molar-refractivity contribution in [3.05, 3.63) is 33.8 Å². The van der Waals surface area contributed by atoms with Crippen molar-refractivity contribution in [2.75, 3.05) is 13.1 Å². The van der Waals surface area contributed by atoms with Gasteiger partial charge in [-0.15, -0.1) is 0 Å². The molecule has 2 aliphatic carbocycles. The third-order valence-corrected chi connectivity index (χ3v) is 5.31. The highest BCUT2D eigenvalue weighted by Crippen LogP contribution is 2.34. The van der Waals surface area contributed by atoms with Crippen LogP contribution in [0, 0.1) is 5.92 Å². The fraction of sp³-hybridized carbons (Fsp3) is 0.529. The summed E-state index contributed by atoms with van der Waals surface area (Å²) < 4.78 is 0. The van der Waals surface area contributed by atoms with Crippen molar-refractivity contribution in [2.45, 2.75) is 37.8 Å². The molecule has 0 unspecified atom stereocenters. The molecular weight excluding hydrogens is 351 g/mol. The molecule has 0 atom stereocenters. The number of benzene rings is 1. The molecule has 0 aliphatic heterocycles. The minimum Gasteiger partial charge on any atom is -0.480 e. The summed E-state index contributed by atoms with van der Waals surface area (Å²) in [4.78, 5) is 25.4. The lowest BCUT2D eigenvalue weighted by Gasteiger charge is -2.42. The fourth-order valence-electron chi connectivity index (χ4n) is 3.12. The summed E-state index contributed by atoms with van der Waals surface area (Å²) >= 11 is 12.1. The molecule has 0 bridgehead atoms. The first-order chi connectivity index (χ1) is 11.4. The summed E-state index contributed by atoms with van der Waals surface area (Å²) in [5, 5.41) is 12.7. The number of rotatable bonds is 7. The first-order valence-electron chi connectivity index (χ1n) is 8.14. The molecule has 0 saturated heterocycles. The maximum Gasteiger partial charge on any atom is 0.317 e. The van der Waals surface area contributed by atoms with E-state index in [1.54, 1.807) is 18.2 Å². The molecule has 2 N–H and O–H groups in total. The lowest BCUT2D eigenvalue weighted by molar-refractivity contribution is -0.139. The van der Waals surface area contributed by atoms with Crippen LogP contribution in [-0.4, -0.2) is 47.1 Å². The predicted octanol–water partition coefficient (Wildman–Crippen LogP) is 3.05. The van der Waals surface area contributed by atoms with E-state index in [4.69, 9.17) is 28.3 Å². The smallest absolute Gasteiger partial charge is 0.317 e. The van der Waals surface area contributed by atoms with Gasteiger partial charge in [-0.25, -0.2) is 0 Å². The number of hydrogen-bond donors (Lipinski definition) is 2. The minimum atomic E-state index is -0.800. The molecule has 0 aromatic heterocycles. The third-order valence-electron chi connectivity index (χ3n) is 4.68. The number of aliphatic carboxylic acids is 1. The average molecular weight is 371 g/mol. The van der Waals surface area contributed by atoms with Crippen LogP contribution in [0.2, 0.25) is 10.0 Å². The molecule has 0 spiro atoms. The van der Waals surface area contributed by atoms with Crippen LogP contribution in [0.25, 0.3) is 0 Å². The van der Waals surface area contributed by atoms with E-state index in [9.17, 15) is 9.59 Å². The number of hydrogen-bond acceptors (Lipinski definition) is 3. The number of nitrogens with one attached hydrogen (secondary N) is 1. The number of halogens is 2. The Balaban J connectivity index is 1.53. The predicted molar refractivity (Wildman–Crippen MR) is 92.7 cm³/mol. The van der Waals surface area contributed by atoms with Gasteiger partial charge in [0.2, 0.25) is 0 Å². The van der Waals surface area contributed by atoms with E-state index in [1.165, 1.54) is 12.8 Å². The van der Waals surface area contributed by atoms with E-state index >= 15 is 0 Å². The highest BCUT2D eigenvalue weighted by molar-refractivity contribution is 6.39. The van der Waals surface area contributed by atoms with Crippen LogP contribution in [0.4, 0.5) is 0 Å². The van der Waals surface area contributed by atoms with Crippen molar-refractivity contribution in [3.63, 3.8) is 0 Å². The van der Waals surface area contributed by atoms with Crippen molar-refractivity contribution in [3.8, 4) is 0 Å². The van der Waals surface area contributed by atoms with Crippen molar-refractivity contribution in [1.29, 1.82) is 0 Å². The van der Waals surface area contributed by atoms with E-state index in [0.29, 0.717) is 21.5 Å². The van der Waals surface area contributed by atoms with E-state index in [0.717, 1.165) is 19.4 Å². The number of amides is 1. The standard InChI is InChI=1S/C17H20Cl2N2O3/c18-13-2-1-3-14(19)16(13)17(24)20-11-6-12(7-11)21(9-15(22)23)8-10-4-5-10/h1-3,10-12H,4-9H2,(H,20,24)(H,22,23). The van der Waals surface area contributed by atoms with Gasteiger partial charge in [-0.3, -0.25) is 14.5 Å². The second kappa shape index (κ2) is 7.30. The summed E-state index contributed by atoms with van der Waals surface area (Å²) in [5.41, 5.74) is 0.296. The molecule has 130 valence electrons. The molecule has 0 radical (unpaired) electrons. The Labute approximate surface area is 150 Å². The van der Waals surface area contributed by atoms with E-state index in [1.807, 2.05) is 4.90 Å². The molecule has 24 heavy (non-hydrogen) atoms. The van der Waals surface area contributed by atoms with Crippen LogP contribution in [-0.2, 0) is 4.79 Å². The molecular formula is C17H20Cl2N2O3. The van der Waals surface area contributed by atoms with Crippen molar-refractivity contribution in [2.24, 2.45) is 5.92 Å². The molecule has 2 fully saturated rings. The minimum absolute atomic E-state index is 0.0327. The van der Waals surface area contributed by atoms with E-state index in [2.05, 4.69) is 5.32 Å². The van der Waals surface area contributed by atoms with Crippen molar-refractivity contribution >= 4 is 35.1 Å². The Hall–Kier alpha value is -1.30. The molecule has 1 aromatic rings. The first-order valence-corrected chi connectivity index (χ1v) is 8.90. The third kappa shape index (κ3) is 4.21. The van der Waals surface area contributed by atoms with Crippen molar-refractivity contribution < 1.29 is 14.7 Å². The Bertz CT molecular complexity index is 622. The van der Waals surface area contributed by atoms with Crippen molar-refractivity contribution in [1.82, 2.24) is 10.2 Å². The van der Waals surface area contributed by atoms with Gasteiger partial charge >= 0.3 is 5.97 Å². The van der Waals surface area contributed by atoms with Gasteiger partial charge in [-0.05, 0) is 43.7 Å². The Morgan fingerprint density at radius 1 is 1.21 bits per heavy atom. The Morgan fingerprint density at radius 3 is 2.38 bits per heavy atom. The fourth-order valence-corrected chi connectivity index (χ4v) is 3.69. The summed E-state index contributed by atoms with van der Waals surface area (Å²) in [7, 11) is 0. The normalized spacial score (nSPS) is 23.0. The largest absolute Gasteiger partial charge is 0.480 e. The van der Waals surface area contributed by atoms with Gasteiger partial charge in [0.15, 0.2) is 0 Å². The summed E-state index contributed by atoms with van der Waals surface area (Å²) in [5.74, 6) is -0.438. The summed E-state index contributed by atoms with van der Waals surface area (Å²) in [6.07, 6.45) is 3.89. The maximum atomic E-state index is 12.3. The van der Waals surface area contributed by atoms with E-state index in [-0.39, 0.29) is 24.5 Å². The maximum absolute atomic E-state index is 12.3. The Morgan fingerprint density at radius 2 is 1.83 bits per heavy atom. The van der Waals surface area contributed by atoms with Crippen LogP contribution in [0.3, 0.4) is 0 Å². The van der Waals surface area contributed by atoms with Crippen LogP contribution < -0.4 is 5.32 Å². The zero-order valence-corrected chi connectivity index (χ0v) is 14.7. The number of carboxylic acid groups (broad SMARTS) is 1. The zero-order valence-electron chi connectivity index (χ0n) is 13.2. The Kier molecular flexibility index (Phi) is 5.33. The second-order valence-electron chi connectivity index (χ2n) is 6.66. The molecule has 0 heterocycles. The monoisotopic (exact) mass is 370 g/mol. The molecule has 2 saturated carbocycles.